The molecule has 0 spiro atoms. The highest BCUT2D eigenvalue weighted by molar-refractivity contribution is 6.07. The molecule has 0 aliphatic carbocycles. The minimum absolute atomic E-state index is 0.388. The van der Waals surface area contributed by atoms with Crippen molar-refractivity contribution in [3.8, 4) is 0 Å². The molecule has 0 aliphatic rings. The summed E-state index contributed by atoms with van der Waals surface area (Å²) in [4.78, 5) is 23.4. The van der Waals surface area contributed by atoms with Gasteiger partial charge in [0.2, 0.25) is 0 Å². The minimum atomic E-state index is -1.01. The molecule has 106 valence electrons. The number of carboxylic acid groups (broad SMARTS) is 1. The third-order valence-electron chi connectivity index (χ3n) is 3.18. The largest absolute Gasteiger partial charge is 0.480 e. The fourth-order valence-corrected chi connectivity index (χ4v) is 2.07. The van der Waals surface area contributed by atoms with Crippen molar-refractivity contribution in [2.24, 2.45) is 0 Å². The molecule has 6 heteroatoms. The van der Waals surface area contributed by atoms with Crippen LogP contribution < -0.4 is 5.32 Å². The first-order valence-electron chi connectivity index (χ1n) is 6.59. The standard InChI is InChI=1S/C14H17N3O3/c1-2-3-6-12(14(19)20)16-13(18)9-5-4-7-11-10(9)8-15-17-11/h4-5,7-8,12H,2-3,6H2,1H3,(H,15,17)(H,16,18)(H,19,20)/t12-/m0/s1. The average molecular weight is 275 g/mol. The van der Waals surface area contributed by atoms with Crippen LogP contribution in [0.5, 0.6) is 0 Å². The normalized spacial score (nSPS) is 12.2. The van der Waals surface area contributed by atoms with Crippen molar-refractivity contribution in [1.29, 1.82) is 0 Å². The summed E-state index contributed by atoms with van der Waals surface area (Å²) in [6, 6.07) is 4.35. The van der Waals surface area contributed by atoms with Crippen LogP contribution in [-0.4, -0.2) is 33.2 Å². The van der Waals surface area contributed by atoms with E-state index in [4.69, 9.17) is 5.11 Å². The number of aromatic nitrogens is 2. The summed E-state index contributed by atoms with van der Waals surface area (Å²) in [7, 11) is 0. The number of carboxylic acids is 1. The number of nitrogens with one attached hydrogen (secondary N) is 2. The molecule has 1 heterocycles. The summed E-state index contributed by atoms with van der Waals surface area (Å²) in [5.41, 5.74) is 1.18. The minimum Gasteiger partial charge on any atom is -0.480 e. The van der Waals surface area contributed by atoms with Gasteiger partial charge < -0.3 is 10.4 Å². The smallest absolute Gasteiger partial charge is 0.326 e. The molecule has 0 fully saturated rings. The number of amides is 1. The van der Waals surface area contributed by atoms with Gasteiger partial charge in [-0.05, 0) is 18.6 Å². The first-order chi connectivity index (χ1) is 9.63. The highest BCUT2D eigenvalue weighted by Crippen LogP contribution is 2.16. The van der Waals surface area contributed by atoms with E-state index in [9.17, 15) is 9.59 Å². The van der Waals surface area contributed by atoms with Crippen LogP contribution in [0.2, 0.25) is 0 Å². The van der Waals surface area contributed by atoms with Gasteiger partial charge in [-0.2, -0.15) is 5.10 Å². The molecule has 1 atom stereocenters. The van der Waals surface area contributed by atoms with E-state index in [2.05, 4.69) is 15.5 Å². The highest BCUT2D eigenvalue weighted by Gasteiger charge is 2.21. The van der Waals surface area contributed by atoms with Crippen LogP contribution in [0.3, 0.4) is 0 Å². The molecule has 0 saturated heterocycles. The molecule has 3 N–H and O–H groups in total. The van der Waals surface area contributed by atoms with Crippen molar-refractivity contribution in [2.45, 2.75) is 32.2 Å². The topological polar surface area (TPSA) is 95.1 Å². The van der Waals surface area contributed by atoms with E-state index >= 15 is 0 Å². The number of hydrogen-bond acceptors (Lipinski definition) is 3. The van der Waals surface area contributed by atoms with Crippen LogP contribution in [0.1, 0.15) is 36.5 Å². The lowest BCUT2D eigenvalue weighted by molar-refractivity contribution is -0.139. The summed E-state index contributed by atoms with van der Waals surface area (Å²) in [6.07, 6.45) is 3.63. The maximum atomic E-state index is 12.2. The highest BCUT2D eigenvalue weighted by atomic mass is 16.4. The monoisotopic (exact) mass is 275 g/mol. The number of unbranched alkanes of at least 4 members (excludes halogenated alkanes) is 1. The fourth-order valence-electron chi connectivity index (χ4n) is 2.07. The van der Waals surface area contributed by atoms with Crippen LogP contribution in [0.4, 0.5) is 0 Å². The maximum Gasteiger partial charge on any atom is 0.326 e. The quantitative estimate of drug-likeness (QED) is 0.750. The average Bonchev–Trinajstić information content (AvgIpc) is 2.90. The predicted octanol–water partition coefficient (Wildman–Crippen LogP) is 1.94. The SMILES string of the molecule is CCCC[C@H](NC(=O)c1cccc2[nH]ncc12)C(=O)O. The third kappa shape index (κ3) is 2.96. The summed E-state index contributed by atoms with van der Waals surface area (Å²) >= 11 is 0. The van der Waals surface area contributed by atoms with Crippen molar-refractivity contribution >= 4 is 22.8 Å². The molecule has 6 nitrogen and oxygen atoms in total. The number of rotatable bonds is 6. The molecular formula is C14H17N3O3. The molecular weight excluding hydrogens is 258 g/mol. The van der Waals surface area contributed by atoms with E-state index in [1.807, 2.05) is 13.0 Å². The zero-order valence-corrected chi connectivity index (χ0v) is 11.2. The lowest BCUT2D eigenvalue weighted by atomic mass is 10.1. The molecule has 2 aromatic rings. The first-order valence-corrected chi connectivity index (χ1v) is 6.59. The summed E-state index contributed by atoms with van der Waals surface area (Å²) in [5.74, 6) is -1.40. The zero-order chi connectivity index (χ0) is 14.5. The Kier molecular flexibility index (Phi) is 4.34. The van der Waals surface area contributed by atoms with E-state index in [0.29, 0.717) is 17.4 Å². The Morgan fingerprint density at radius 1 is 1.45 bits per heavy atom. The van der Waals surface area contributed by atoms with Gasteiger partial charge in [0.05, 0.1) is 17.3 Å². The van der Waals surface area contributed by atoms with Crippen LogP contribution in [0, 0.1) is 0 Å². The third-order valence-corrected chi connectivity index (χ3v) is 3.18. The van der Waals surface area contributed by atoms with Gasteiger partial charge in [-0.3, -0.25) is 9.89 Å². The Hall–Kier alpha value is -2.37. The number of carbonyl (C=O) groups excluding carboxylic acids is 1. The number of hydrogen-bond donors (Lipinski definition) is 3. The second kappa shape index (κ2) is 6.18. The van der Waals surface area contributed by atoms with Gasteiger partial charge in [-0.25, -0.2) is 4.79 Å². The molecule has 0 bridgehead atoms. The number of aromatic amines is 1. The van der Waals surface area contributed by atoms with Gasteiger partial charge in [0.15, 0.2) is 0 Å². The molecule has 2 rings (SSSR count). The Morgan fingerprint density at radius 2 is 2.25 bits per heavy atom. The molecule has 20 heavy (non-hydrogen) atoms. The number of aliphatic carboxylic acids is 1. The molecule has 0 unspecified atom stereocenters. The second-order valence-electron chi connectivity index (χ2n) is 4.64. The molecule has 0 saturated carbocycles. The van der Waals surface area contributed by atoms with Crippen LogP contribution in [-0.2, 0) is 4.79 Å². The summed E-state index contributed by atoms with van der Waals surface area (Å²) < 4.78 is 0. The van der Waals surface area contributed by atoms with Crippen LogP contribution in [0.15, 0.2) is 24.4 Å². The van der Waals surface area contributed by atoms with Gasteiger partial charge in [0.25, 0.3) is 5.91 Å². The lowest BCUT2D eigenvalue weighted by Crippen LogP contribution is -2.40. The molecule has 1 amide bonds. The van der Waals surface area contributed by atoms with Crippen molar-refractivity contribution in [3.05, 3.63) is 30.0 Å². The molecule has 0 aliphatic heterocycles. The summed E-state index contributed by atoms with van der Waals surface area (Å²) in [6.45, 7) is 1.98. The van der Waals surface area contributed by atoms with Crippen molar-refractivity contribution in [1.82, 2.24) is 15.5 Å². The Balaban J connectivity index is 2.18. The van der Waals surface area contributed by atoms with Gasteiger partial charge in [0.1, 0.15) is 6.04 Å². The van der Waals surface area contributed by atoms with Crippen molar-refractivity contribution in [3.63, 3.8) is 0 Å². The number of benzene rings is 1. The maximum absolute atomic E-state index is 12.2. The van der Waals surface area contributed by atoms with Gasteiger partial charge in [-0.15, -0.1) is 0 Å². The predicted molar refractivity (Wildman–Crippen MR) is 74.5 cm³/mol. The summed E-state index contributed by atoms with van der Waals surface area (Å²) in [5, 5.41) is 19.1. The second-order valence-corrected chi connectivity index (χ2v) is 4.64. The van der Waals surface area contributed by atoms with Gasteiger partial charge >= 0.3 is 5.97 Å². The van der Waals surface area contributed by atoms with E-state index in [0.717, 1.165) is 18.4 Å². The van der Waals surface area contributed by atoms with E-state index in [-0.39, 0.29) is 5.91 Å². The van der Waals surface area contributed by atoms with Crippen LogP contribution in [0.25, 0.3) is 10.9 Å². The fraction of sp³-hybridized carbons (Fsp3) is 0.357. The molecule has 1 aromatic carbocycles. The van der Waals surface area contributed by atoms with Crippen molar-refractivity contribution in [2.75, 3.05) is 0 Å². The first kappa shape index (κ1) is 14.0. The van der Waals surface area contributed by atoms with Crippen molar-refractivity contribution < 1.29 is 14.7 Å². The number of H-pyrrole nitrogens is 1. The van der Waals surface area contributed by atoms with Gasteiger partial charge in [0, 0.05) is 5.39 Å². The lowest BCUT2D eigenvalue weighted by Gasteiger charge is -2.14. The van der Waals surface area contributed by atoms with E-state index in [1.54, 1.807) is 18.3 Å². The van der Waals surface area contributed by atoms with Gasteiger partial charge in [-0.1, -0.05) is 25.8 Å². The van der Waals surface area contributed by atoms with E-state index < -0.39 is 12.0 Å². The Morgan fingerprint density at radius 3 is 2.95 bits per heavy atom. The Bertz CT molecular complexity index is 621. The zero-order valence-electron chi connectivity index (χ0n) is 11.2. The number of carbonyl (C=O) groups is 2. The van der Waals surface area contributed by atoms with E-state index in [1.165, 1.54) is 0 Å². The van der Waals surface area contributed by atoms with Crippen LogP contribution >= 0.6 is 0 Å². The molecule has 1 aromatic heterocycles. The number of nitrogens with zero attached hydrogens (tertiary/aromatic N) is 1. The molecule has 0 radical (unpaired) electrons. The Labute approximate surface area is 116 Å². The number of fused-ring (bicyclic) bond motifs is 1.